The molecule has 140 valence electrons. The van der Waals surface area contributed by atoms with Crippen LogP contribution in [0.15, 0.2) is 59.5 Å². The molecular formula is C20H13NO6S. The van der Waals surface area contributed by atoms with Crippen LogP contribution in [0.3, 0.4) is 0 Å². The Bertz CT molecular complexity index is 1290. The molecule has 0 radical (unpaired) electrons. The molecule has 1 aliphatic carbocycles. The van der Waals surface area contributed by atoms with Crippen molar-refractivity contribution < 1.29 is 28.2 Å². The number of phenols is 2. The first kappa shape index (κ1) is 17.9. The van der Waals surface area contributed by atoms with Crippen molar-refractivity contribution in [2.45, 2.75) is 4.90 Å². The minimum absolute atomic E-state index is 0.00211. The molecule has 0 aliphatic heterocycles. The maximum absolute atomic E-state index is 12.9. The van der Waals surface area contributed by atoms with E-state index in [1.54, 1.807) is 12.1 Å². The maximum Gasteiger partial charge on any atom is 0.238 e. The van der Waals surface area contributed by atoms with Gasteiger partial charge in [-0.3, -0.25) is 9.59 Å². The number of primary sulfonamides is 1. The second kappa shape index (κ2) is 6.01. The number of phenolic OH excluding ortho intramolecular Hbond substituents is 2. The van der Waals surface area contributed by atoms with E-state index in [0.29, 0.717) is 0 Å². The van der Waals surface area contributed by atoms with Crippen LogP contribution in [0.5, 0.6) is 11.5 Å². The predicted molar refractivity (Wildman–Crippen MR) is 99.9 cm³/mol. The third-order valence-corrected chi connectivity index (χ3v) is 5.55. The van der Waals surface area contributed by atoms with Crippen LogP contribution in [-0.2, 0) is 10.0 Å². The lowest BCUT2D eigenvalue weighted by Gasteiger charge is -2.20. The number of sulfonamides is 1. The van der Waals surface area contributed by atoms with Gasteiger partial charge in [-0.05, 0) is 23.8 Å². The average Bonchev–Trinajstić information content (AvgIpc) is 2.67. The lowest BCUT2D eigenvalue weighted by molar-refractivity contribution is 0.0976. The molecule has 7 nitrogen and oxygen atoms in total. The standard InChI is InChI=1S/C20H13NO6S/c21-28(26,27)11-5-3-4-10(8-11)14-9-15-16(20(25)19(14)24)18(23)13-7-2-1-6-12(13)17(15)22/h1-9,24-25H,(H2,21,26,27). The lowest BCUT2D eigenvalue weighted by atomic mass is 9.82. The van der Waals surface area contributed by atoms with Crippen LogP contribution >= 0.6 is 0 Å². The highest BCUT2D eigenvalue weighted by atomic mass is 32.2. The quantitative estimate of drug-likeness (QED) is 0.445. The second-order valence-electron chi connectivity index (χ2n) is 6.32. The summed E-state index contributed by atoms with van der Waals surface area (Å²) in [6, 6.07) is 12.8. The van der Waals surface area contributed by atoms with Gasteiger partial charge in [0.1, 0.15) is 0 Å². The average molecular weight is 395 g/mol. The summed E-state index contributed by atoms with van der Waals surface area (Å²) < 4.78 is 23.2. The number of carbonyl (C=O) groups excluding carboxylic acids is 2. The van der Waals surface area contributed by atoms with E-state index in [9.17, 15) is 28.2 Å². The van der Waals surface area contributed by atoms with E-state index in [1.807, 2.05) is 0 Å². The van der Waals surface area contributed by atoms with E-state index < -0.39 is 33.1 Å². The van der Waals surface area contributed by atoms with Crippen molar-refractivity contribution in [2.24, 2.45) is 5.14 Å². The summed E-state index contributed by atoms with van der Waals surface area (Å²) in [7, 11) is -4.00. The molecule has 1 aliphatic rings. The SMILES string of the molecule is NS(=O)(=O)c1cccc(-c2cc3c(c(O)c2O)C(=O)c2ccccc2C3=O)c1. The molecule has 28 heavy (non-hydrogen) atoms. The molecule has 0 heterocycles. The third-order valence-electron chi connectivity index (χ3n) is 4.64. The summed E-state index contributed by atoms with van der Waals surface area (Å²) in [4.78, 5) is 25.4. The number of rotatable bonds is 2. The van der Waals surface area contributed by atoms with Gasteiger partial charge in [0, 0.05) is 22.3 Å². The number of benzene rings is 3. The Balaban J connectivity index is 1.99. The Morgan fingerprint density at radius 1 is 0.714 bits per heavy atom. The molecule has 0 amide bonds. The highest BCUT2D eigenvalue weighted by Gasteiger charge is 2.34. The van der Waals surface area contributed by atoms with Crippen molar-refractivity contribution in [3.63, 3.8) is 0 Å². The molecule has 0 unspecified atom stereocenters. The van der Waals surface area contributed by atoms with Gasteiger partial charge >= 0.3 is 0 Å². The van der Waals surface area contributed by atoms with Crippen LogP contribution in [0.1, 0.15) is 31.8 Å². The van der Waals surface area contributed by atoms with Crippen molar-refractivity contribution in [3.8, 4) is 22.6 Å². The van der Waals surface area contributed by atoms with Gasteiger partial charge in [-0.1, -0.05) is 36.4 Å². The molecule has 3 aromatic rings. The number of nitrogens with two attached hydrogens (primary N) is 1. The Morgan fingerprint density at radius 2 is 1.36 bits per heavy atom. The zero-order valence-electron chi connectivity index (χ0n) is 14.2. The Morgan fingerprint density at radius 3 is 2.00 bits per heavy atom. The number of carbonyl (C=O) groups is 2. The first-order valence-electron chi connectivity index (χ1n) is 8.10. The Labute approximate surface area is 159 Å². The fraction of sp³-hybridized carbons (Fsp3) is 0. The van der Waals surface area contributed by atoms with Gasteiger partial charge in [-0.2, -0.15) is 0 Å². The van der Waals surface area contributed by atoms with Crippen LogP contribution in [0.2, 0.25) is 0 Å². The summed E-state index contributed by atoms with van der Waals surface area (Å²) in [6.45, 7) is 0. The molecule has 3 aromatic carbocycles. The smallest absolute Gasteiger partial charge is 0.238 e. The van der Waals surface area contributed by atoms with E-state index in [2.05, 4.69) is 0 Å². The molecule has 0 saturated carbocycles. The number of ketones is 2. The van der Waals surface area contributed by atoms with Crippen molar-refractivity contribution in [1.29, 1.82) is 0 Å². The zero-order valence-corrected chi connectivity index (χ0v) is 15.0. The number of hydrogen-bond acceptors (Lipinski definition) is 6. The van der Waals surface area contributed by atoms with Gasteiger partial charge in [0.2, 0.25) is 10.0 Å². The zero-order chi connectivity index (χ0) is 20.2. The predicted octanol–water partition coefficient (Wildman–Crippen LogP) is 2.19. The molecule has 0 atom stereocenters. The van der Waals surface area contributed by atoms with Crippen LogP contribution < -0.4 is 5.14 Å². The normalized spacial score (nSPS) is 13.2. The van der Waals surface area contributed by atoms with Gasteiger partial charge in [-0.15, -0.1) is 0 Å². The summed E-state index contributed by atoms with van der Waals surface area (Å²) >= 11 is 0. The van der Waals surface area contributed by atoms with Crippen LogP contribution in [0.25, 0.3) is 11.1 Å². The third kappa shape index (κ3) is 2.58. The molecule has 0 saturated heterocycles. The highest BCUT2D eigenvalue weighted by molar-refractivity contribution is 7.89. The van der Waals surface area contributed by atoms with Crippen molar-refractivity contribution in [2.75, 3.05) is 0 Å². The molecule has 0 bridgehead atoms. The minimum Gasteiger partial charge on any atom is -0.504 e. The molecule has 0 spiro atoms. The van der Waals surface area contributed by atoms with E-state index in [4.69, 9.17) is 5.14 Å². The molecule has 4 N–H and O–H groups in total. The summed E-state index contributed by atoms with van der Waals surface area (Å²) in [5.41, 5.74) is 0.180. The molecule has 0 fully saturated rings. The first-order chi connectivity index (χ1) is 13.2. The largest absolute Gasteiger partial charge is 0.504 e. The van der Waals surface area contributed by atoms with E-state index in [0.717, 1.165) is 0 Å². The fourth-order valence-corrected chi connectivity index (χ4v) is 3.85. The maximum atomic E-state index is 12.9. The first-order valence-corrected chi connectivity index (χ1v) is 9.65. The van der Waals surface area contributed by atoms with Crippen molar-refractivity contribution >= 4 is 21.6 Å². The van der Waals surface area contributed by atoms with E-state index in [-0.39, 0.29) is 38.3 Å². The monoisotopic (exact) mass is 395 g/mol. The van der Waals surface area contributed by atoms with Crippen LogP contribution in [-0.4, -0.2) is 30.2 Å². The van der Waals surface area contributed by atoms with Crippen molar-refractivity contribution in [3.05, 3.63) is 76.9 Å². The molecule has 8 heteroatoms. The molecule has 0 aromatic heterocycles. The Kier molecular flexibility index (Phi) is 3.84. The minimum atomic E-state index is -4.00. The van der Waals surface area contributed by atoms with Crippen LogP contribution in [0, 0.1) is 0 Å². The highest BCUT2D eigenvalue weighted by Crippen LogP contribution is 2.44. The van der Waals surface area contributed by atoms with E-state index in [1.165, 1.54) is 42.5 Å². The number of fused-ring (bicyclic) bond motifs is 2. The summed E-state index contributed by atoms with van der Waals surface area (Å²) in [5.74, 6) is -2.43. The fourth-order valence-electron chi connectivity index (χ4n) is 3.29. The van der Waals surface area contributed by atoms with E-state index >= 15 is 0 Å². The number of aromatic hydroxyl groups is 2. The Hall–Kier alpha value is -3.49. The van der Waals surface area contributed by atoms with Crippen LogP contribution in [0.4, 0.5) is 0 Å². The van der Waals surface area contributed by atoms with Crippen molar-refractivity contribution in [1.82, 2.24) is 0 Å². The lowest BCUT2D eigenvalue weighted by Crippen LogP contribution is -2.21. The summed E-state index contributed by atoms with van der Waals surface area (Å²) in [6.07, 6.45) is 0. The van der Waals surface area contributed by atoms with Gasteiger partial charge < -0.3 is 10.2 Å². The topological polar surface area (TPSA) is 135 Å². The van der Waals surface area contributed by atoms with Gasteiger partial charge in [0.15, 0.2) is 23.1 Å². The molecule has 4 rings (SSSR count). The second-order valence-corrected chi connectivity index (χ2v) is 7.88. The van der Waals surface area contributed by atoms with Gasteiger partial charge in [0.25, 0.3) is 0 Å². The molecular weight excluding hydrogens is 382 g/mol. The van der Waals surface area contributed by atoms with Gasteiger partial charge in [-0.25, -0.2) is 13.6 Å². The number of hydrogen-bond donors (Lipinski definition) is 3. The summed E-state index contributed by atoms with van der Waals surface area (Å²) in [5, 5.41) is 26.1. The van der Waals surface area contributed by atoms with Gasteiger partial charge in [0.05, 0.1) is 10.5 Å².